The summed E-state index contributed by atoms with van der Waals surface area (Å²) in [6, 6.07) is 12.4. The van der Waals surface area contributed by atoms with Gasteiger partial charge in [-0.1, -0.05) is 32.4 Å². The zero-order chi connectivity index (χ0) is 22.4. The van der Waals surface area contributed by atoms with Crippen molar-refractivity contribution in [1.29, 1.82) is 0 Å². The molecule has 0 aliphatic carbocycles. The van der Waals surface area contributed by atoms with Crippen LogP contribution in [-0.2, 0) is 14.8 Å². The summed E-state index contributed by atoms with van der Waals surface area (Å²) < 4.78 is 32.8. The molecule has 0 unspecified atom stereocenters. The molecule has 0 aromatic heterocycles. The van der Waals surface area contributed by atoms with Crippen LogP contribution in [-0.4, -0.2) is 45.0 Å². The van der Waals surface area contributed by atoms with Crippen LogP contribution < -0.4 is 14.4 Å². The van der Waals surface area contributed by atoms with Crippen LogP contribution in [0, 0.1) is 0 Å². The van der Waals surface area contributed by atoms with Crippen molar-refractivity contribution in [2.45, 2.75) is 30.4 Å². The van der Waals surface area contributed by atoms with E-state index in [1.165, 1.54) is 19.2 Å². The Bertz CT molecular complexity index is 940. The average Bonchev–Trinajstić information content (AvgIpc) is 2.69. The predicted octanol–water partition coefficient (Wildman–Crippen LogP) is 4.19. The summed E-state index contributed by atoms with van der Waals surface area (Å²) in [5, 5.41) is 3.27. The van der Waals surface area contributed by atoms with E-state index in [-0.39, 0.29) is 22.1 Å². The Labute approximate surface area is 188 Å². The lowest BCUT2D eigenvalue weighted by atomic mass is 10.3. The van der Waals surface area contributed by atoms with Gasteiger partial charge < -0.3 is 10.1 Å². The molecule has 0 saturated heterocycles. The van der Waals surface area contributed by atoms with Crippen LogP contribution in [0.25, 0.3) is 0 Å². The number of ether oxygens (including phenoxy) is 1. The number of amides is 1. The lowest BCUT2D eigenvalue weighted by Crippen LogP contribution is -2.41. The van der Waals surface area contributed by atoms with Crippen molar-refractivity contribution in [1.82, 2.24) is 5.32 Å². The maximum atomic E-state index is 13.3. The normalized spacial score (nSPS) is 11.8. The number of rotatable bonds is 9. The molecule has 2 rings (SSSR count). The minimum Gasteiger partial charge on any atom is -0.497 e. The van der Waals surface area contributed by atoms with Gasteiger partial charge in [-0.15, -0.1) is 0 Å². The molecular formula is C21H27ClN2O4S2. The van der Waals surface area contributed by atoms with Crippen LogP contribution in [0.2, 0.25) is 5.02 Å². The quantitative estimate of drug-likeness (QED) is 0.556. The van der Waals surface area contributed by atoms with Gasteiger partial charge in [0.1, 0.15) is 12.3 Å². The second kappa shape index (κ2) is 10.4. The Kier molecular flexibility index (Phi) is 8.46. The van der Waals surface area contributed by atoms with Gasteiger partial charge in [-0.25, -0.2) is 8.42 Å². The predicted molar refractivity (Wildman–Crippen MR) is 124 cm³/mol. The first-order valence-electron chi connectivity index (χ1n) is 9.36. The van der Waals surface area contributed by atoms with E-state index in [4.69, 9.17) is 16.3 Å². The summed E-state index contributed by atoms with van der Waals surface area (Å²) >= 11 is 7.67. The van der Waals surface area contributed by atoms with Gasteiger partial charge in [0.15, 0.2) is 0 Å². The molecule has 0 bridgehead atoms. The van der Waals surface area contributed by atoms with Crippen LogP contribution >= 0.6 is 23.4 Å². The highest BCUT2D eigenvalue weighted by atomic mass is 35.5. The van der Waals surface area contributed by atoms with E-state index in [0.29, 0.717) is 23.0 Å². The number of methoxy groups -OCH3 is 1. The van der Waals surface area contributed by atoms with Crippen LogP contribution in [0.1, 0.15) is 20.8 Å². The Morgan fingerprint density at radius 2 is 1.70 bits per heavy atom. The van der Waals surface area contributed by atoms with E-state index >= 15 is 0 Å². The third kappa shape index (κ3) is 7.11. The Balaban J connectivity index is 2.22. The monoisotopic (exact) mass is 470 g/mol. The second-order valence-corrected chi connectivity index (χ2v) is 11.7. The van der Waals surface area contributed by atoms with Crippen LogP contribution in [0.5, 0.6) is 5.75 Å². The van der Waals surface area contributed by atoms with Crippen LogP contribution in [0.4, 0.5) is 5.69 Å². The second-order valence-electron chi connectivity index (χ2n) is 7.47. The summed E-state index contributed by atoms with van der Waals surface area (Å²) in [4.78, 5) is 12.6. The molecular weight excluding hydrogens is 444 g/mol. The lowest BCUT2D eigenvalue weighted by molar-refractivity contribution is -0.119. The molecule has 2 aromatic carbocycles. The highest BCUT2D eigenvalue weighted by Crippen LogP contribution is 2.26. The molecule has 0 atom stereocenters. The number of carbonyl (C=O) groups is 1. The van der Waals surface area contributed by atoms with Gasteiger partial charge in [-0.3, -0.25) is 9.10 Å². The van der Waals surface area contributed by atoms with Crippen molar-refractivity contribution in [2.24, 2.45) is 0 Å². The van der Waals surface area contributed by atoms with Gasteiger partial charge in [0.2, 0.25) is 5.91 Å². The molecule has 0 radical (unpaired) electrons. The van der Waals surface area contributed by atoms with Crippen molar-refractivity contribution in [3.05, 3.63) is 53.6 Å². The molecule has 2 aromatic rings. The van der Waals surface area contributed by atoms with Gasteiger partial charge in [0.05, 0.1) is 17.7 Å². The zero-order valence-electron chi connectivity index (χ0n) is 17.5. The molecule has 0 fully saturated rings. The maximum absolute atomic E-state index is 13.3. The fourth-order valence-electron chi connectivity index (χ4n) is 2.53. The molecule has 0 aliphatic heterocycles. The summed E-state index contributed by atoms with van der Waals surface area (Å²) in [6.07, 6.45) is 0. The number of carbonyl (C=O) groups excluding carboxylic acids is 1. The van der Waals surface area contributed by atoms with E-state index in [1.54, 1.807) is 48.2 Å². The van der Waals surface area contributed by atoms with Crippen molar-refractivity contribution in [3.63, 3.8) is 0 Å². The number of hydrogen-bond donors (Lipinski definition) is 1. The number of nitrogens with zero attached hydrogens (tertiary/aromatic N) is 1. The van der Waals surface area contributed by atoms with Crippen molar-refractivity contribution < 1.29 is 17.9 Å². The van der Waals surface area contributed by atoms with Gasteiger partial charge >= 0.3 is 0 Å². The van der Waals surface area contributed by atoms with Crippen molar-refractivity contribution >= 4 is 45.0 Å². The van der Waals surface area contributed by atoms with E-state index in [1.807, 2.05) is 0 Å². The lowest BCUT2D eigenvalue weighted by Gasteiger charge is -2.24. The fraction of sp³-hybridized carbons (Fsp3) is 0.381. The molecule has 0 heterocycles. The van der Waals surface area contributed by atoms with Gasteiger partial charge in [-0.2, -0.15) is 11.8 Å². The zero-order valence-corrected chi connectivity index (χ0v) is 19.9. The first-order chi connectivity index (χ1) is 14.0. The van der Waals surface area contributed by atoms with E-state index in [0.717, 1.165) is 10.1 Å². The number of halogens is 1. The molecule has 1 N–H and O–H groups in total. The molecule has 0 saturated carbocycles. The number of nitrogens with one attached hydrogen (secondary N) is 1. The average molecular weight is 471 g/mol. The smallest absolute Gasteiger partial charge is 0.264 e. The number of thioether (sulfide) groups is 1. The van der Waals surface area contributed by atoms with Crippen molar-refractivity contribution in [2.75, 3.05) is 30.3 Å². The minimum atomic E-state index is -3.97. The van der Waals surface area contributed by atoms with Gasteiger partial charge in [0.25, 0.3) is 10.0 Å². The number of hydrogen-bond acceptors (Lipinski definition) is 5. The first-order valence-corrected chi connectivity index (χ1v) is 12.2. The topological polar surface area (TPSA) is 75.7 Å². The SMILES string of the molecule is COc1ccc(S(=O)(=O)N(CC(=O)NCCSC(C)(C)C)c2ccc(Cl)cc2)cc1. The summed E-state index contributed by atoms with van der Waals surface area (Å²) in [5.41, 5.74) is 0.356. The summed E-state index contributed by atoms with van der Waals surface area (Å²) in [5.74, 6) is 0.902. The largest absolute Gasteiger partial charge is 0.497 e. The van der Waals surface area contributed by atoms with Crippen LogP contribution in [0.15, 0.2) is 53.4 Å². The molecule has 9 heteroatoms. The highest BCUT2D eigenvalue weighted by molar-refractivity contribution is 8.00. The van der Waals surface area contributed by atoms with E-state index in [2.05, 4.69) is 26.1 Å². The first kappa shape index (κ1) is 24.4. The Hall–Kier alpha value is -1.90. The molecule has 30 heavy (non-hydrogen) atoms. The number of benzene rings is 2. The standard InChI is InChI=1S/C21H27ClN2O4S2/c1-21(2,3)29-14-13-23-20(25)15-24(17-7-5-16(22)6-8-17)30(26,27)19-11-9-18(28-4)10-12-19/h5-12H,13-15H2,1-4H3,(H,23,25). The third-order valence-corrected chi connectivity index (χ3v) is 7.32. The van der Waals surface area contributed by atoms with Gasteiger partial charge in [0, 0.05) is 22.1 Å². The van der Waals surface area contributed by atoms with Crippen LogP contribution in [0.3, 0.4) is 0 Å². The molecule has 164 valence electrons. The molecule has 0 aliphatic rings. The summed E-state index contributed by atoms with van der Waals surface area (Å²) in [7, 11) is -2.47. The minimum absolute atomic E-state index is 0.0642. The molecule has 0 spiro atoms. The number of sulfonamides is 1. The Morgan fingerprint density at radius 1 is 1.10 bits per heavy atom. The van der Waals surface area contributed by atoms with Crippen molar-refractivity contribution in [3.8, 4) is 5.75 Å². The van der Waals surface area contributed by atoms with Gasteiger partial charge in [-0.05, 0) is 48.5 Å². The molecule has 6 nitrogen and oxygen atoms in total. The number of anilines is 1. The van der Waals surface area contributed by atoms with E-state index in [9.17, 15) is 13.2 Å². The fourth-order valence-corrected chi connectivity index (χ4v) is 4.89. The maximum Gasteiger partial charge on any atom is 0.264 e. The Morgan fingerprint density at radius 3 is 2.23 bits per heavy atom. The summed E-state index contributed by atoms with van der Waals surface area (Å²) in [6.45, 7) is 6.42. The highest BCUT2D eigenvalue weighted by Gasteiger charge is 2.27. The van der Waals surface area contributed by atoms with E-state index < -0.39 is 10.0 Å². The third-order valence-electron chi connectivity index (χ3n) is 4.01. The molecule has 1 amide bonds.